The molecular formula is C23H21F3N2O3. The molecule has 0 saturated heterocycles. The molecule has 5 nitrogen and oxygen atoms in total. The minimum absolute atomic E-state index is 0.0240. The topological polar surface area (TPSA) is 64.5 Å². The SMILES string of the molecule is C=CCCOc1ccc(-c2ncc(OCc3ccc(C(C)O)c(F)c3F)cn2)c(F)c1. The van der Waals surface area contributed by atoms with Crippen molar-refractivity contribution in [1.82, 2.24) is 9.97 Å². The molecule has 0 spiro atoms. The number of hydrogen-bond acceptors (Lipinski definition) is 5. The van der Waals surface area contributed by atoms with Gasteiger partial charge in [-0.2, -0.15) is 0 Å². The molecule has 31 heavy (non-hydrogen) atoms. The van der Waals surface area contributed by atoms with Gasteiger partial charge in [-0.25, -0.2) is 23.1 Å². The molecular weight excluding hydrogens is 409 g/mol. The van der Waals surface area contributed by atoms with E-state index < -0.39 is 23.6 Å². The summed E-state index contributed by atoms with van der Waals surface area (Å²) in [6.45, 7) is 5.07. The van der Waals surface area contributed by atoms with Crippen molar-refractivity contribution >= 4 is 0 Å². The van der Waals surface area contributed by atoms with Crippen LogP contribution in [-0.2, 0) is 6.61 Å². The Labute approximate surface area is 177 Å². The van der Waals surface area contributed by atoms with Crippen molar-refractivity contribution in [3.05, 3.63) is 84.0 Å². The first-order valence-corrected chi connectivity index (χ1v) is 9.54. The van der Waals surface area contributed by atoms with Gasteiger partial charge in [-0.1, -0.05) is 18.2 Å². The lowest BCUT2D eigenvalue weighted by atomic mass is 10.1. The maximum Gasteiger partial charge on any atom is 0.165 e. The molecule has 162 valence electrons. The second kappa shape index (κ2) is 10.1. The highest BCUT2D eigenvalue weighted by atomic mass is 19.2. The molecule has 0 saturated carbocycles. The summed E-state index contributed by atoms with van der Waals surface area (Å²) in [5.41, 5.74) is 0.0293. The van der Waals surface area contributed by atoms with E-state index in [0.717, 1.165) is 0 Å². The molecule has 3 aromatic rings. The van der Waals surface area contributed by atoms with Crippen LogP contribution >= 0.6 is 0 Å². The van der Waals surface area contributed by atoms with E-state index in [9.17, 15) is 18.3 Å². The van der Waals surface area contributed by atoms with Gasteiger partial charge in [0.1, 0.15) is 18.2 Å². The maximum absolute atomic E-state index is 14.4. The minimum atomic E-state index is -1.13. The number of aliphatic hydroxyl groups excluding tert-OH is 1. The lowest BCUT2D eigenvalue weighted by Gasteiger charge is -2.11. The summed E-state index contributed by atoms with van der Waals surface area (Å²) in [6.07, 6.45) is 3.86. The zero-order chi connectivity index (χ0) is 22.4. The highest BCUT2D eigenvalue weighted by Gasteiger charge is 2.17. The third-order valence-electron chi connectivity index (χ3n) is 4.44. The molecule has 0 amide bonds. The van der Waals surface area contributed by atoms with E-state index >= 15 is 0 Å². The standard InChI is InChI=1S/C23H21F3N2O3/c1-3-4-9-30-16-6-8-19(20(24)10-16)23-27-11-17(12-28-23)31-13-15-5-7-18(14(2)29)22(26)21(15)25/h3,5-8,10-12,14,29H,1,4,9,13H2,2H3. The van der Waals surface area contributed by atoms with Crippen LogP contribution in [0.15, 0.2) is 55.4 Å². The van der Waals surface area contributed by atoms with Crippen molar-refractivity contribution in [2.45, 2.75) is 26.1 Å². The number of hydrogen-bond donors (Lipinski definition) is 1. The van der Waals surface area contributed by atoms with Gasteiger partial charge < -0.3 is 14.6 Å². The summed E-state index contributed by atoms with van der Waals surface area (Å²) in [7, 11) is 0. The van der Waals surface area contributed by atoms with E-state index in [1.807, 2.05) is 0 Å². The Kier molecular flexibility index (Phi) is 7.25. The monoisotopic (exact) mass is 430 g/mol. The summed E-state index contributed by atoms with van der Waals surface area (Å²) in [4.78, 5) is 8.15. The van der Waals surface area contributed by atoms with E-state index in [4.69, 9.17) is 9.47 Å². The Morgan fingerprint density at radius 3 is 2.42 bits per heavy atom. The lowest BCUT2D eigenvalue weighted by molar-refractivity contribution is 0.192. The quantitative estimate of drug-likeness (QED) is 0.376. The fraction of sp³-hybridized carbons (Fsp3) is 0.217. The van der Waals surface area contributed by atoms with Gasteiger partial charge in [0.15, 0.2) is 23.2 Å². The van der Waals surface area contributed by atoms with Gasteiger partial charge in [-0.3, -0.25) is 0 Å². The second-order valence-electron chi connectivity index (χ2n) is 6.72. The van der Waals surface area contributed by atoms with Crippen LogP contribution in [0.25, 0.3) is 11.4 Å². The van der Waals surface area contributed by atoms with Crippen LogP contribution in [0.4, 0.5) is 13.2 Å². The molecule has 8 heteroatoms. The second-order valence-corrected chi connectivity index (χ2v) is 6.72. The van der Waals surface area contributed by atoms with Crippen LogP contribution in [0.1, 0.15) is 30.6 Å². The van der Waals surface area contributed by atoms with Gasteiger partial charge in [0.2, 0.25) is 0 Å². The van der Waals surface area contributed by atoms with Gasteiger partial charge in [-0.15, -0.1) is 6.58 Å². The minimum Gasteiger partial charge on any atom is -0.493 e. The molecule has 3 rings (SSSR count). The van der Waals surface area contributed by atoms with Crippen LogP contribution in [0.3, 0.4) is 0 Å². The van der Waals surface area contributed by atoms with Gasteiger partial charge in [0.25, 0.3) is 0 Å². The molecule has 2 aromatic carbocycles. The van der Waals surface area contributed by atoms with E-state index in [1.54, 1.807) is 12.1 Å². The van der Waals surface area contributed by atoms with Crippen molar-refractivity contribution in [3.8, 4) is 22.9 Å². The largest absolute Gasteiger partial charge is 0.493 e. The van der Waals surface area contributed by atoms with E-state index in [2.05, 4.69) is 16.5 Å². The Morgan fingerprint density at radius 1 is 1.03 bits per heavy atom. The first-order chi connectivity index (χ1) is 14.9. The average molecular weight is 430 g/mol. The maximum atomic E-state index is 14.4. The summed E-state index contributed by atoms with van der Waals surface area (Å²) in [6, 6.07) is 7.01. The van der Waals surface area contributed by atoms with Crippen molar-refractivity contribution in [2.75, 3.05) is 6.61 Å². The number of ether oxygens (including phenoxy) is 2. The van der Waals surface area contributed by atoms with Crippen molar-refractivity contribution < 1.29 is 27.8 Å². The van der Waals surface area contributed by atoms with E-state index in [0.29, 0.717) is 18.8 Å². The molecule has 1 heterocycles. The predicted octanol–water partition coefficient (Wildman–Crippen LogP) is 5.15. The Morgan fingerprint density at radius 2 is 1.77 bits per heavy atom. The van der Waals surface area contributed by atoms with Gasteiger partial charge >= 0.3 is 0 Å². The smallest absolute Gasteiger partial charge is 0.165 e. The molecule has 0 aliphatic heterocycles. The van der Waals surface area contributed by atoms with E-state index in [1.165, 1.54) is 43.6 Å². The Hall–Kier alpha value is -3.39. The highest BCUT2D eigenvalue weighted by molar-refractivity contribution is 5.57. The van der Waals surface area contributed by atoms with Crippen LogP contribution in [0.2, 0.25) is 0 Å². The summed E-state index contributed by atoms with van der Waals surface area (Å²) >= 11 is 0. The molecule has 1 atom stereocenters. The molecule has 1 unspecified atom stereocenters. The van der Waals surface area contributed by atoms with Crippen molar-refractivity contribution in [1.29, 1.82) is 0 Å². The summed E-state index contributed by atoms with van der Waals surface area (Å²) < 4.78 is 53.3. The summed E-state index contributed by atoms with van der Waals surface area (Å²) in [5, 5.41) is 9.44. The van der Waals surface area contributed by atoms with Crippen LogP contribution in [0.5, 0.6) is 11.5 Å². The first kappa shape index (κ1) is 22.3. The van der Waals surface area contributed by atoms with Gasteiger partial charge in [0, 0.05) is 17.2 Å². The van der Waals surface area contributed by atoms with Crippen molar-refractivity contribution in [3.63, 3.8) is 0 Å². The number of aromatic nitrogens is 2. The number of halogens is 3. The van der Waals surface area contributed by atoms with Crippen LogP contribution < -0.4 is 9.47 Å². The zero-order valence-corrected chi connectivity index (χ0v) is 16.8. The number of nitrogens with zero attached hydrogens (tertiary/aromatic N) is 2. The molecule has 0 fully saturated rings. The Bertz CT molecular complexity index is 1060. The fourth-order valence-corrected chi connectivity index (χ4v) is 2.76. The fourth-order valence-electron chi connectivity index (χ4n) is 2.76. The number of benzene rings is 2. The third kappa shape index (κ3) is 5.40. The molecule has 0 aliphatic carbocycles. The average Bonchev–Trinajstić information content (AvgIpc) is 2.75. The normalized spacial score (nSPS) is 11.8. The van der Waals surface area contributed by atoms with Crippen LogP contribution in [0, 0.1) is 17.5 Å². The van der Waals surface area contributed by atoms with E-state index in [-0.39, 0.29) is 34.9 Å². The molecule has 1 N–H and O–H groups in total. The predicted molar refractivity (Wildman–Crippen MR) is 109 cm³/mol. The Balaban J connectivity index is 1.67. The zero-order valence-electron chi connectivity index (χ0n) is 16.8. The number of rotatable bonds is 9. The van der Waals surface area contributed by atoms with Gasteiger partial charge in [0.05, 0.1) is 30.7 Å². The molecule has 0 bridgehead atoms. The third-order valence-corrected chi connectivity index (χ3v) is 4.44. The molecule has 0 radical (unpaired) electrons. The van der Waals surface area contributed by atoms with Gasteiger partial charge in [-0.05, 0) is 25.5 Å². The summed E-state index contributed by atoms with van der Waals surface area (Å²) in [5.74, 6) is -2.02. The molecule has 0 aliphatic rings. The first-order valence-electron chi connectivity index (χ1n) is 9.54. The highest BCUT2D eigenvalue weighted by Crippen LogP contribution is 2.26. The lowest BCUT2D eigenvalue weighted by Crippen LogP contribution is -2.05. The molecule has 1 aromatic heterocycles. The van der Waals surface area contributed by atoms with Crippen molar-refractivity contribution in [2.24, 2.45) is 0 Å². The van der Waals surface area contributed by atoms with Crippen LogP contribution in [-0.4, -0.2) is 21.7 Å². The number of aliphatic hydroxyl groups is 1.